The molecule has 0 aliphatic rings. The first-order valence-corrected chi connectivity index (χ1v) is 5.82. The lowest BCUT2D eigenvalue weighted by Crippen LogP contribution is -2.40. The first-order valence-electron chi connectivity index (χ1n) is 5.82. The molecule has 9 heteroatoms. The van der Waals surface area contributed by atoms with Crippen molar-refractivity contribution in [3.8, 4) is 0 Å². The fourth-order valence-corrected chi connectivity index (χ4v) is 1.53. The Labute approximate surface area is 119 Å². The van der Waals surface area contributed by atoms with Gasteiger partial charge in [-0.1, -0.05) is 0 Å². The maximum atomic E-state index is 11.8. The Morgan fingerprint density at radius 3 is 2.43 bits per heavy atom. The van der Waals surface area contributed by atoms with Crippen LogP contribution in [0, 0.1) is 10.1 Å². The largest absolute Gasteiger partial charge is 0.478 e. The van der Waals surface area contributed by atoms with Gasteiger partial charge in [-0.05, 0) is 19.1 Å². The number of rotatable bonds is 5. The van der Waals surface area contributed by atoms with Crippen LogP contribution < -0.4 is 10.6 Å². The molecule has 0 saturated heterocycles. The van der Waals surface area contributed by atoms with E-state index in [9.17, 15) is 24.5 Å². The third kappa shape index (κ3) is 4.27. The van der Waals surface area contributed by atoms with Crippen LogP contribution in [0.1, 0.15) is 24.2 Å². The highest BCUT2D eigenvalue weighted by molar-refractivity contribution is 5.99. The van der Waals surface area contributed by atoms with E-state index in [2.05, 4.69) is 10.6 Å². The zero-order valence-electron chi connectivity index (χ0n) is 11.2. The Balaban J connectivity index is 3.02. The Hall–Kier alpha value is -2.97. The number of hydrogen-bond donors (Lipinski definition) is 3. The Morgan fingerprint density at radius 1 is 1.33 bits per heavy atom. The van der Waals surface area contributed by atoms with Crippen LogP contribution in [0.15, 0.2) is 18.2 Å². The van der Waals surface area contributed by atoms with Crippen molar-refractivity contribution >= 4 is 29.2 Å². The molecule has 1 atom stereocenters. The van der Waals surface area contributed by atoms with Gasteiger partial charge in [0.1, 0.15) is 11.7 Å². The van der Waals surface area contributed by atoms with Gasteiger partial charge in [0.05, 0.1) is 10.5 Å². The third-order valence-electron chi connectivity index (χ3n) is 2.51. The van der Waals surface area contributed by atoms with Crippen LogP contribution in [-0.4, -0.2) is 33.9 Å². The van der Waals surface area contributed by atoms with E-state index >= 15 is 0 Å². The number of nitrogens with zero attached hydrogens (tertiary/aromatic N) is 1. The molecular weight excluding hydrogens is 282 g/mol. The maximum Gasteiger partial charge on any atom is 0.335 e. The molecule has 0 spiro atoms. The quantitative estimate of drug-likeness (QED) is 0.541. The molecule has 112 valence electrons. The minimum Gasteiger partial charge on any atom is -0.478 e. The molecule has 1 unspecified atom stereocenters. The number of nitro groups is 1. The number of carbonyl (C=O) groups excluding carboxylic acids is 2. The third-order valence-corrected chi connectivity index (χ3v) is 2.51. The molecule has 0 heterocycles. The number of carbonyl (C=O) groups is 3. The molecule has 21 heavy (non-hydrogen) atoms. The van der Waals surface area contributed by atoms with Crippen LogP contribution in [0.4, 0.5) is 11.4 Å². The summed E-state index contributed by atoms with van der Waals surface area (Å²) in [5.74, 6) is -2.40. The van der Waals surface area contributed by atoms with Crippen LogP contribution in [0.3, 0.4) is 0 Å². The van der Waals surface area contributed by atoms with E-state index in [1.165, 1.54) is 13.8 Å². The summed E-state index contributed by atoms with van der Waals surface area (Å²) in [6.45, 7) is 2.64. The van der Waals surface area contributed by atoms with Crippen LogP contribution in [0.25, 0.3) is 0 Å². The van der Waals surface area contributed by atoms with Gasteiger partial charge in [-0.15, -0.1) is 0 Å². The van der Waals surface area contributed by atoms with Gasteiger partial charge in [0.2, 0.25) is 11.8 Å². The SMILES string of the molecule is CC(=O)NC(C)C(=O)Nc1ccc(C(=O)O)cc1[N+](=O)[O-]. The highest BCUT2D eigenvalue weighted by Crippen LogP contribution is 2.25. The highest BCUT2D eigenvalue weighted by Gasteiger charge is 2.21. The van der Waals surface area contributed by atoms with Gasteiger partial charge in [-0.3, -0.25) is 19.7 Å². The van der Waals surface area contributed by atoms with Gasteiger partial charge < -0.3 is 15.7 Å². The molecule has 0 bridgehead atoms. The zero-order valence-corrected chi connectivity index (χ0v) is 11.2. The summed E-state index contributed by atoms with van der Waals surface area (Å²) < 4.78 is 0. The molecule has 0 aliphatic carbocycles. The fraction of sp³-hybridized carbons (Fsp3) is 0.250. The lowest BCUT2D eigenvalue weighted by molar-refractivity contribution is -0.384. The van der Waals surface area contributed by atoms with E-state index in [-0.39, 0.29) is 11.3 Å². The number of amides is 2. The summed E-state index contributed by atoms with van der Waals surface area (Å²) in [6, 6.07) is 2.22. The van der Waals surface area contributed by atoms with Crippen molar-refractivity contribution in [3.05, 3.63) is 33.9 Å². The molecule has 2 amide bonds. The van der Waals surface area contributed by atoms with Crippen LogP contribution in [0.2, 0.25) is 0 Å². The molecule has 0 saturated carbocycles. The second-order valence-corrected chi connectivity index (χ2v) is 4.21. The van der Waals surface area contributed by atoms with Crippen LogP contribution in [0.5, 0.6) is 0 Å². The van der Waals surface area contributed by atoms with Crippen molar-refractivity contribution in [2.75, 3.05) is 5.32 Å². The normalized spacial score (nSPS) is 11.3. The summed E-state index contributed by atoms with van der Waals surface area (Å²) in [4.78, 5) is 43.5. The number of nitro benzene ring substituents is 1. The van der Waals surface area contributed by atoms with Gasteiger partial charge in [0, 0.05) is 13.0 Å². The van der Waals surface area contributed by atoms with E-state index in [0.717, 1.165) is 18.2 Å². The lowest BCUT2D eigenvalue weighted by atomic mass is 10.1. The molecular formula is C12H13N3O6. The summed E-state index contributed by atoms with van der Waals surface area (Å²) >= 11 is 0. The van der Waals surface area contributed by atoms with Crippen molar-refractivity contribution in [1.29, 1.82) is 0 Å². The van der Waals surface area contributed by atoms with E-state index in [1.54, 1.807) is 0 Å². The Kier molecular flexibility index (Phi) is 4.95. The molecule has 0 fully saturated rings. The van der Waals surface area contributed by atoms with Crippen molar-refractivity contribution in [2.45, 2.75) is 19.9 Å². The van der Waals surface area contributed by atoms with E-state index < -0.39 is 34.4 Å². The monoisotopic (exact) mass is 295 g/mol. The number of benzene rings is 1. The topological polar surface area (TPSA) is 139 Å². The van der Waals surface area contributed by atoms with E-state index in [0.29, 0.717) is 0 Å². The van der Waals surface area contributed by atoms with Crippen LogP contribution >= 0.6 is 0 Å². The summed E-state index contributed by atoms with van der Waals surface area (Å²) in [5.41, 5.74) is -0.958. The molecule has 1 aromatic carbocycles. The Morgan fingerprint density at radius 2 is 1.95 bits per heavy atom. The molecule has 3 N–H and O–H groups in total. The minimum absolute atomic E-state index is 0.146. The molecule has 0 radical (unpaired) electrons. The first-order chi connectivity index (χ1) is 9.72. The van der Waals surface area contributed by atoms with Crippen molar-refractivity contribution in [1.82, 2.24) is 5.32 Å². The van der Waals surface area contributed by atoms with E-state index in [4.69, 9.17) is 5.11 Å². The van der Waals surface area contributed by atoms with Gasteiger partial charge in [-0.25, -0.2) is 4.79 Å². The molecule has 9 nitrogen and oxygen atoms in total. The number of hydrogen-bond acceptors (Lipinski definition) is 5. The molecule has 0 aromatic heterocycles. The van der Waals surface area contributed by atoms with Gasteiger partial charge in [0.15, 0.2) is 0 Å². The van der Waals surface area contributed by atoms with E-state index in [1.807, 2.05) is 0 Å². The molecule has 1 rings (SSSR count). The summed E-state index contributed by atoms with van der Waals surface area (Å²) in [5, 5.41) is 24.3. The first kappa shape index (κ1) is 16.1. The molecule has 0 aliphatic heterocycles. The number of aromatic carboxylic acids is 1. The maximum absolute atomic E-state index is 11.8. The second-order valence-electron chi connectivity index (χ2n) is 4.21. The average Bonchev–Trinajstić information content (AvgIpc) is 2.37. The fourth-order valence-electron chi connectivity index (χ4n) is 1.53. The summed E-state index contributed by atoms with van der Waals surface area (Å²) in [7, 11) is 0. The van der Waals surface area contributed by atoms with Crippen molar-refractivity contribution in [2.24, 2.45) is 0 Å². The highest BCUT2D eigenvalue weighted by atomic mass is 16.6. The van der Waals surface area contributed by atoms with Crippen molar-refractivity contribution in [3.63, 3.8) is 0 Å². The Bertz CT molecular complexity index is 613. The number of anilines is 1. The predicted molar refractivity (Wildman–Crippen MR) is 72.0 cm³/mol. The smallest absolute Gasteiger partial charge is 0.335 e. The number of nitrogens with one attached hydrogen (secondary N) is 2. The van der Waals surface area contributed by atoms with Gasteiger partial charge in [-0.2, -0.15) is 0 Å². The lowest BCUT2D eigenvalue weighted by Gasteiger charge is -2.13. The summed E-state index contributed by atoms with van der Waals surface area (Å²) in [6.07, 6.45) is 0. The zero-order chi connectivity index (χ0) is 16.2. The number of carboxylic acid groups (broad SMARTS) is 1. The van der Waals surface area contributed by atoms with Gasteiger partial charge >= 0.3 is 5.97 Å². The second kappa shape index (κ2) is 6.46. The van der Waals surface area contributed by atoms with Crippen molar-refractivity contribution < 1.29 is 24.4 Å². The van der Waals surface area contributed by atoms with Crippen LogP contribution in [-0.2, 0) is 9.59 Å². The van der Waals surface area contributed by atoms with Gasteiger partial charge in [0.25, 0.3) is 5.69 Å². The number of carboxylic acids is 1. The predicted octanol–water partition coefficient (Wildman–Crippen LogP) is 0.756. The minimum atomic E-state index is -1.32. The standard InChI is InChI=1S/C12H13N3O6/c1-6(13-7(2)16)11(17)14-9-4-3-8(12(18)19)5-10(9)15(20)21/h3-6H,1-2H3,(H,13,16)(H,14,17)(H,18,19). The average molecular weight is 295 g/mol. The molecule has 1 aromatic rings.